The van der Waals surface area contributed by atoms with Crippen LogP contribution in [0.1, 0.15) is 22.3 Å². The van der Waals surface area contributed by atoms with E-state index in [1.54, 1.807) is 6.21 Å². The Kier molecular flexibility index (Phi) is 3.80. The van der Waals surface area contributed by atoms with Crippen LogP contribution >= 0.6 is 12.2 Å². The average Bonchev–Trinajstić information content (AvgIpc) is 2.13. The van der Waals surface area contributed by atoms with Crippen LogP contribution in [0.3, 0.4) is 0 Å². The number of rotatable bonds is 2. The summed E-state index contributed by atoms with van der Waals surface area (Å²) in [6.45, 7) is 6.22. The van der Waals surface area contributed by atoms with Gasteiger partial charge in [0.2, 0.25) is 0 Å². The molecule has 0 spiro atoms. The number of nitrogens with two attached hydrogens (primary N) is 1. The van der Waals surface area contributed by atoms with Crippen LogP contribution in [0.15, 0.2) is 17.2 Å². The van der Waals surface area contributed by atoms with Gasteiger partial charge in [-0.05, 0) is 61.3 Å². The van der Waals surface area contributed by atoms with Crippen molar-refractivity contribution < 1.29 is 0 Å². The van der Waals surface area contributed by atoms with E-state index in [1.165, 1.54) is 16.7 Å². The van der Waals surface area contributed by atoms with Gasteiger partial charge in [0.25, 0.3) is 0 Å². The molecule has 80 valence electrons. The molecule has 15 heavy (non-hydrogen) atoms. The van der Waals surface area contributed by atoms with Gasteiger partial charge in [0.1, 0.15) is 0 Å². The van der Waals surface area contributed by atoms with Crippen molar-refractivity contribution in [2.45, 2.75) is 20.8 Å². The van der Waals surface area contributed by atoms with Gasteiger partial charge in [-0.1, -0.05) is 6.07 Å². The van der Waals surface area contributed by atoms with Crippen LogP contribution in [0.4, 0.5) is 0 Å². The maximum atomic E-state index is 5.26. The zero-order valence-corrected chi connectivity index (χ0v) is 9.98. The number of nitrogens with zero attached hydrogens (tertiary/aromatic N) is 1. The first-order chi connectivity index (χ1) is 7.00. The summed E-state index contributed by atoms with van der Waals surface area (Å²) in [7, 11) is 0. The van der Waals surface area contributed by atoms with Gasteiger partial charge in [0, 0.05) is 0 Å². The minimum absolute atomic E-state index is 0.174. The van der Waals surface area contributed by atoms with Gasteiger partial charge < -0.3 is 5.73 Å². The van der Waals surface area contributed by atoms with E-state index in [4.69, 9.17) is 5.73 Å². The average molecular weight is 221 g/mol. The van der Waals surface area contributed by atoms with E-state index in [0.717, 1.165) is 5.56 Å². The lowest BCUT2D eigenvalue weighted by Gasteiger charge is -2.05. The smallest absolute Gasteiger partial charge is 0.184 e. The lowest BCUT2D eigenvalue weighted by Crippen LogP contribution is -2.24. The molecule has 0 aromatic heterocycles. The van der Waals surface area contributed by atoms with Crippen LogP contribution in [0.25, 0.3) is 0 Å². The lowest BCUT2D eigenvalue weighted by atomic mass is 10.0. The highest BCUT2D eigenvalue weighted by Gasteiger charge is 1.98. The highest BCUT2D eigenvalue weighted by molar-refractivity contribution is 7.80. The first kappa shape index (κ1) is 11.7. The summed E-state index contributed by atoms with van der Waals surface area (Å²) in [5.41, 5.74) is 12.6. The van der Waals surface area contributed by atoms with Crippen LogP contribution in [-0.2, 0) is 0 Å². The summed E-state index contributed by atoms with van der Waals surface area (Å²) in [6.07, 6.45) is 1.72. The Morgan fingerprint density at radius 1 is 1.27 bits per heavy atom. The molecule has 0 heterocycles. The molecule has 1 aromatic rings. The Hall–Kier alpha value is -1.42. The number of benzene rings is 1. The standard InChI is InChI=1S/C11H15N3S/c1-7-4-9(3)10(5-8(7)2)6-13-14-11(12)15/h4-6H,1-3H3,(H3,12,14,15)/b13-6+. The molecule has 0 saturated heterocycles. The van der Waals surface area contributed by atoms with Gasteiger partial charge in [0.15, 0.2) is 5.11 Å². The summed E-state index contributed by atoms with van der Waals surface area (Å²) in [6, 6.07) is 4.23. The van der Waals surface area contributed by atoms with Gasteiger partial charge in [0.05, 0.1) is 6.21 Å². The molecule has 0 unspecified atom stereocenters. The van der Waals surface area contributed by atoms with Crippen molar-refractivity contribution in [1.29, 1.82) is 0 Å². The van der Waals surface area contributed by atoms with E-state index < -0.39 is 0 Å². The molecule has 1 rings (SSSR count). The molecule has 0 aliphatic carbocycles. The summed E-state index contributed by atoms with van der Waals surface area (Å²) in [5.74, 6) is 0. The molecule has 3 N–H and O–H groups in total. The van der Waals surface area contributed by atoms with E-state index in [1.807, 2.05) is 0 Å². The Morgan fingerprint density at radius 3 is 2.47 bits per heavy atom. The van der Waals surface area contributed by atoms with Crippen LogP contribution in [-0.4, -0.2) is 11.3 Å². The fourth-order valence-corrected chi connectivity index (χ4v) is 1.34. The molecule has 0 aliphatic rings. The third-order valence-corrected chi connectivity index (χ3v) is 2.35. The second-order valence-corrected chi connectivity index (χ2v) is 3.97. The predicted octanol–water partition coefficient (Wildman–Crippen LogP) is 1.78. The maximum Gasteiger partial charge on any atom is 0.184 e. The number of aryl methyl sites for hydroxylation is 3. The molecular weight excluding hydrogens is 206 g/mol. The fraction of sp³-hybridized carbons (Fsp3) is 0.273. The van der Waals surface area contributed by atoms with E-state index >= 15 is 0 Å². The summed E-state index contributed by atoms with van der Waals surface area (Å²) >= 11 is 4.64. The quantitative estimate of drug-likeness (QED) is 0.455. The van der Waals surface area contributed by atoms with E-state index in [9.17, 15) is 0 Å². The van der Waals surface area contributed by atoms with Crippen LogP contribution in [0.2, 0.25) is 0 Å². The Bertz CT molecular complexity index is 411. The molecule has 4 heteroatoms. The molecule has 3 nitrogen and oxygen atoms in total. The highest BCUT2D eigenvalue weighted by Crippen LogP contribution is 2.13. The number of thiocarbonyl (C=S) groups is 1. The van der Waals surface area contributed by atoms with Gasteiger partial charge in [-0.25, -0.2) is 0 Å². The number of nitrogens with one attached hydrogen (secondary N) is 1. The molecule has 0 bridgehead atoms. The fourth-order valence-electron chi connectivity index (χ4n) is 1.29. The zero-order valence-electron chi connectivity index (χ0n) is 9.16. The van der Waals surface area contributed by atoms with E-state index in [0.29, 0.717) is 0 Å². The van der Waals surface area contributed by atoms with Gasteiger partial charge in [-0.2, -0.15) is 5.10 Å². The third kappa shape index (κ3) is 3.32. The minimum Gasteiger partial charge on any atom is -0.375 e. The molecule has 0 fully saturated rings. The Labute approximate surface area is 95.4 Å². The molecule has 0 amide bonds. The Morgan fingerprint density at radius 2 is 1.87 bits per heavy atom. The van der Waals surface area contributed by atoms with Crippen molar-refractivity contribution in [2.24, 2.45) is 10.8 Å². The van der Waals surface area contributed by atoms with Crippen molar-refractivity contribution in [2.75, 3.05) is 0 Å². The second kappa shape index (κ2) is 4.89. The topological polar surface area (TPSA) is 50.4 Å². The van der Waals surface area contributed by atoms with E-state index in [-0.39, 0.29) is 5.11 Å². The molecule has 1 aromatic carbocycles. The molecule has 0 atom stereocenters. The van der Waals surface area contributed by atoms with Crippen LogP contribution < -0.4 is 11.2 Å². The monoisotopic (exact) mass is 221 g/mol. The first-order valence-corrected chi connectivity index (χ1v) is 5.08. The van der Waals surface area contributed by atoms with Crippen molar-refractivity contribution in [3.05, 3.63) is 34.4 Å². The summed E-state index contributed by atoms with van der Waals surface area (Å²) in [5, 5.41) is 4.11. The number of hydrogen-bond donors (Lipinski definition) is 2. The molecule has 0 saturated carbocycles. The van der Waals surface area contributed by atoms with Gasteiger partial charge in [-0.3, -0.25) is 5.43 Å². The normalized spacial score (nSPS) is 10.6. The first-order valence-electron chi connectivity index (χ1n) is 4.67. The molecule has 0 radical (unpaired) electrons. The summed E-state index contributed by atoms with van der Waals surface area (Å²) in [4.78, 5) is 0. The second-order valence-electron chi connectivity index (χ2n) is 3.53. The third-order valence-electron chi connectivity index (χ3n) is 2.26. The highest BCUT2D eigenvalue weighted by atomic mass is 32.1. The van der Waals surface area contributed by atoms with Gasteiger partial charge >= 0.3 is 0 Å². The Balaban J connectivity index is 2.90. The van der Waals surface area contributed by atoms with Crippen molar-refractivity contribution in [3.8, 4) is 0 Å². The lowest BCUT2D eigenvalue weighted by molar-refractivity contribution is 1.04. The largest absolute Gasteiger partial charge is 0.375 e. The number of hydrazone groups is 1. The van der Waals surface area contributed by atoms with Gasteiger partial charge in [-0.15, -0.1) is 0 Å². The maximum absolute atomic E-state index is 5.26. The van der Waals surface area contributed by atoms with Crippen molar-refractivity contribution in [3.63, 3.8) is 0 Å². The zero-order chi connectivity index (χ0) is 11.4. The molecular formula is C11H15N3S. The van der Waals surface area contributed by atoms with Crippen molar-refractivity contribution in [1.82, 2.24) is 5.43 Å². The SMILES string of the molecule is Cc1cc(C)c(/C=N/NC(N)=S)cc1C. The molecule has 0 aliphatic heterocycles. The van der Waals surface area contributed by atoms with E-state index in [2.05, 4.69) is 55.6 Å². The van der Waals surface area contributed by atoms with Crippen LogP contribution in [0.5, 0.6) is 0 Å². The predicted molar refractivity (Wildman–Crippen MR) is 68.2 cm³/mol. The minimum atomic E-state index is 0.174. The van der Waals surface area contributed by atoms with Crippen molar-refractivity contribution >= 4 is 23.5 Å². The summed E-state index contributed by atoms with van der Waals surface area (Å²) < 4.78 is 0. The van der Waals surface area contributed by atoms with Crippen LogP contribution in [0, 0.1) is 20.8 Å². The number of hydrogen-bond acceptors (Lipinski definition) is 2.